The first kappa shape index (κ1) is 12.7. The fourth-order valence-corrected chi connectivity index (χ4v) is 2.66. The second kappa shape index (κ2) is 5.38. The summed E-state index contributed by atoms with van der Waals surface area (Å²) in [6, 6.07) is 16.6. The van der Waals surface area contributed by atoms with Crippen LogP contribution < -0.4 is 5.73 Å². The lowest BCUT2D eigenvalue weighted by molar-refractivity contribution is 0.740. The summed E-state index contributed by atoms with van der Waals surface area (Å²) in [5.74, 6) is 0.602. The fraction of sp³-hybridized carbons (Fsp3) is 0.158. The molecule has 0 bridgehead atoms. The number of rotatable bonds is 2. The molecule has 1 heteroatoms. The van der Waals surface area contributed by atoms with Gasteiger partial charge in [-0.25, -0.2) is 0 Å². The molecule has 0 aromatic heterocycles. The molecule has 20 heavy (non-hydrogen) atoms. The van der Waals surface area contributed by atoms with E-state index >= 15 is 0 Å². The molecule has 0 saturated carbocycles. The normalized spacial score (nSPS) is 17.9. The van der Waals surface area contributed by atoms with E-state index in [1.165, 1.54) is 11.1 Å². The topological polar surface area (TPSA) is 26.0 Å². The third kappa shape index (κ3) is 2.53. The Morgan fingerprint density at radius 2 is 1.80 bits per heavy atom. The molecule has 100 valence electrons. The van der Waals surface area contributed by atoms with Gasteiger partial charge in [-0.2, -0.15) is 0 Å². The molecule has 2 N–H and O–H groups in total. The summed E-state index contributed by atoms with van der Waals surface area (Å²) in [5, 5.41) is 0. The highest BCUT2D eigenvalue weighted by molar-refractivity contribution is 5.83. The number of nitrogens with two attached hydrogens (primary N) is 1. The lowest BCUT2D eigenvalue weighted by Crippen LogP contribution is -1.97. The van der Waals surface area contributed by atoms with Crippen molar-refractivity contribution in [2.75, 3.05) is 5.73 Å². The third-order valence-electron chi connectivity index (χ3n) is 3.74. The number of allylic oxidation sites excluding steroid dienone is 4. The molecule has 0 amide bonds. The van der Waals surface area contributed by atoms with Gasteiger partial charge in [0.15, 0.2) is 0 Å². The van der Waals surface area contributed by atoms with Crippen molar-refractivity contribution >= 4 is 11.3 Å². The number of hydrogen-bond acceptors (Lipinski definition) is 1. The van der Waals surface area contributed by atoms with E-state index in [0.717, 1.165) is 23.2 Å². The predicted octanol–water partition coefficient (Wildman–Crippen LogP) is 4.92. The van der Waals surface area contributed by atoms with Crippen molar-refractivity contribution in [1.29, 1.82) is 0 Å². The van der Waals surface area contributed by atoms with Crippen LogP contribution in [0, 0.1) is 5.92 Å². The second-order valence-corrected chi connectivity index (χ2v) is 5.41. The minimum absolute atomic E-state index is 0.602. The zero-order valence-electron chi connectivity index (χ0n) is 11.7. The quantitative estimate of drug-likeness (QED) is 0.763. The largest absolute Gasteiger partial charge is 0.398 e. The molecule has 0 saturated heterocycles. The van der Waals surface area contributed by atoms with Crippen LogP contribution in [-0.2, 0) is 0 Å². The van der Waals surface area contributed by atoms with Gasteiger partial charge >= 0.3 is 0 Å². The molecule has 1 aliphatic carbocycles. The minimum atomic E-state index is 0.602. The van der Waals surface area contributed by atoms with Crippen LogP contribution in [0.2, 0.25) is 0 Å². The molecule has 0 heterocycles. The van der Waals surface area contributed by atoms with Gasteiger partial charge in [0.2, 0.25) is 0 Å². The molecule has 2 aromatic rings. The first-order valence-electron chi connectivity index (χ1n) is 7.08. The van der Waals surface area contributed by atoms with E-state index in [0.29, 0.717) is 5.92 Å². The molecule has 0 fully saturated rings. The lowest BCUT2D eigenvalue weighted by atomic mass is 9.92. The van der Waals surface area contributed by atoms with Gasteiger partial charge in [0.1, 0.15) is 0 Å². The highest BCUT2D eigenvalue weighted by Crippen LogP contribution is 2.31. The Bertz CT molecular complexity index is 665. The summed E-state index contributed by atoms with van der Waals surface area (Å²) in [4.78, 5) is 0. The van der Waals surface area contributed by atoms with Gasteiger partial charge in [0.05, 0.1) is 0 Å². The first-order valence-corrected chi connectivity index (χ1v) is 7.08. The summed E-state index contributed by atoms with van der Waals surface area (Å²) in [5.41, 5.74) is 11.8. The summed E-state index contributed by atoms with van der Waals surface area (Å²) >= 11 is 0. The van der Waals surface area contributed by atoms with E-state index in [2.05, 4.69) is 55.5 Å². The van der Waals surface area contributed by atoms with Gasteiger partial charge in [-0.1, -0.05) is 67.6 Å². The van der Waals surface area contributed by atoms with Crippen LogP contribution in [-0.4, -0.2) is 0 Å². The average molecular weight is 261 g/mol. The van der Waals surface area contributed by atoms with Crippen LogP contribution in [0.25, 0.3) is 16.7 Å². The van der Waals surface area contributed by atoms with Gasteiger partial charge < -0.3 is 5.73 Å². The zero-order chi connectivity index (χ0) is 13.9. The molecule has 0 aliphatic heterocycles. The van der Waals surface area contributed by atoms with Crippen molar-refractivity contribution in [3.05, 3.63) is 72.3 Å². The number of hydrogen-bond donors (Lipinski definition) is 1. The van der Waals surface area contributed by atoms with Crippen LogP contribution in [0.15, 0.2) is 66.8 Å². The van der Waals surface area contributed by atoms with E-state index in [4.69, 9.17) is 5.73 Å². The summed E-state index contributed by atoms with van der Waals surface area (Å²) in [7, 11) is 0. The van der Waals surface area contributed by atoms with Gasteiger partial charge in [-0.05, 0) is 35.1 Å². The van der Waals surface area contributed by atoms with Crippen molar-refractivity contribution in [3.8, 4) is 11.1 Å². The Hall–Kier alpha value is -2.28. The van der Waals surface area contributed by atoms with Crippen molar-refractivity contribution in [1.82, 2.24) is 0 Å². The van der Waals surface area contributed by atoms with Gasteiger partial charge in [-0.3, -0.25) is 0 Å². The standard InChI is InChI=1S/C19H19N/c1-14-6-5-9-16(12-14)17-10-11-18(19(20)13-17)15-7-3-2-4-8-15/h2-5,7-14H,6,20H2,1H3. The molecule has 0 radical (unpaired) electrons. The average Bonchev–Trinajstić information content (AvgIpc) is 2.48. The van der Waals surface area contributed by atoms with Crippen LogP contribution in [0.5, 0.6) is 0 Å². The van der Waals surface area contributed by atoms with E-state index in [-0.39, 0.29) is 0 Å². The number of anilines is 1. The maximum atomic E-state index is 6.24. The minimum Gasteiger partial charge on any atom is -0.398 e. The monoisotopic (exact) mass is 261 g/mol. The Labute approximate surface area is 120 Å². The molecule has 1 aliphatic rings. The summed E-state index contributed by atoms with van der Waals surface area (Å²) in [6.07, 6.45) is 7.87. The molecular weight excluding hydrogens is 242 g/mol. The molecule has 0 spiro atoms. The molecule has 1 unspecified atom stereocenters. The first-order chi connectivity index (χ1) is 9.74. The zero-order valence-corrected chi connectivity index (χ0v) is 11.7. The van der Waals surface area contributed by atoms with Crippen molar-refractivity contribution < 1.29 is 0 Å². The van der Waals surface area contributed by atoms with E-state index < -0.39 is 0 Å². The van der Waals surface area contributed by atoms with Gasteiger partial charge in [-0.15, -0.1) is 0 Å². The highest BCUT2D eigenvalue weighted by atomic mass is 14.6. The van der Waals surface area contributed by atoms with Crippen LogP contribution in [0.4, 0.5) is 5.69 Å². The SMILES string of the molecule is CC1C=C(c2ccc(-c3ccccc3)c(N)c2)C=CC1. The molecule has 1 atom stereocenters. The molecule has 3 rings (SSSR count). The van der Waals surface area contributed by atoms with E-state index in [1.54, 1.807) is 0 Å². The van der Waals surface area contributed by atoms with E-state index in [1.807, 2.05) is 18.2 Å². The Kier molecular flexibility index (Phi) is 3.42. The van der Waals surface area contributed by atoms with Crippen LogP contribution in [0.1, 0.15) is 18.9 Å². The Balaban J connectivity index is 1.98. The van der Waals surface area contributed by atoms with Gasteiger partial charge in [0, 0.05) is 11.3 Å². The predicted molar refractivity (Wildman–Crippen MR) is 87.2 cm³/mol. The van der Waals surface area contributed by atoms with Crippen molar-refractivity contribution in [2.24, 2.45) is 5.92 Å². The van der Waals surface area contributed by atoms with Crippen molar-refractivity contribution in [3.63, 3.8) is 0 Å². The third-order valence-corrected chi connectivity index (χ3v) is 3.74. The fourth-order valence-electron chi connectivity index (χ4n) is 2.66. The maximum Gasteiger partial charge on any atom is 0.0399 e. The highest BCUT2D eigenvalue weighted by Gasteiger charge is 2.09. The molecular formula is C19H19N. The number of nitrogen functional groups attached to an aromatic ring is 1. The van der Waals surface area contributed by atoms with Crippen LogP contribution in [0.3, 0.4) is 0 Å². The lowest BCUT2D eigenvalue weighted by Gasteiger charge is -2.14. The second-order valence-electron chi connectivity index (χ2n) is 5.41. The molecule has 1 nitrogen and oxygen atoms in total. The summed E-state index contributed by atoms with van der Waals surface area (Å²) in [6.45, 7) is 2.24. The van der Waals surface area contributed by atoms with Crippen LogP contribution >= 0.6 is 0 Å². The Morgan fingerprint density at radius 1 is 1.00 bits per heavy atom. The Morgan fingerprint density at radius 3 is 2.50 bits per heavy atom. The number of benzene rings is 2. The smallest absolute Gasteiger partial charge is 0.0399 e. The maximum absolute atomic E-state index is 6.24. The molecule has 2 aromatic carbocycles. The summed E-state index contributed by atoms with van der Waals surface area (Å²) < 4.78 is 0. The van der Waals surface area contributed by atoms with Gasteiger partial charge in [0.25, 0.3) is 0 Å². The van der Waals surface area contributed by atoms with Crippen molar-refractivity contribution in [2.45, 2.75) is 13.3 Å². The van der Waals surface area contributed by atoms with E-state index in [9.17, 15) is 0 Å².